The van der Waals surface area contributed by atoms with Gasteiger partial charge in [-0.2, -0.15) is 0 Å². The van der Waals surface area contributed by atoms with Gasteiger partial charge in [-0.3, -0.25) is 9.78 Å². The van der Waals surface area contributed by atoms with Crippen LogP contribution < -0.4 is 4.74 Å². The molecule has 0 unspecified atom stereocenters. The topological polar surface area (TPSA) is 62.7 Å². The predicted octanol–water partition coefficient (Wildman–Crippen LogP) is 6.39. The molecule has 2 aromatic carbocycles. The minimum Gasteiger partial charge on any atom is -0.497 e. The lowest BCUT2D eigenvalue weighted by atomic mass is 9.74. The Morgan fingerprint density at radius 1 is 1.11 bits per heavy atom. The van der Waals surface area contributed by atoms with Crippen LogP contribution in [0.25, 0.3) is 10.9 Å². The number of pyridine rings is 1. The van der Waals surface area contributed by atoms with Crippen molar-refractivity contribution in [1.82, 2.24) is 9.88 Å². The van der Waals surface area contributed by atoms with Gasteiger partial charge in [0.2, 0.25) is 0 Å². The van der Waals surface area contributed by atoms with E-state index in [2.05, 4.69) is 4.98 Å². The number of carboxylic acids is 1. The van der Waals surface area contributed by atoms with E-state index in [1.54, 1.807) is 12.1 Å². The van der Waals surface area contributed by atoms with Crippen molar-refractivity contribution in [2.24, 2.45) is 5.41 Å². The summed E-state index contributed by atoms with van der Waals surface area (Å²) < 4.78 is 75.2. The van der Waals surface area contributed by atoms with Crippen molar-refractivity contribution < 1.29 is 36.6 Å². The molecule has 1 N–H and O–H groups in total. The van der Waals surface area contributed by atoms with E-state index in [0.717, 1.165) is 18.3 Å². The Bertz CT molecular complexity index is 1290. The molecular formula is C28H29F5N2O3. The van der Waals surface area contributed by atoms with Gasteiger partial charge in [-0.15, -0.1) is 0 Å². The van der Waals surface area contributed by atoms with Crippen molar-refractivity contribution in [2.75, 3.05) is 26.7 Å². The quantitative estimate of drug-likeness (QED) is 0.240. The molecule has 0 amide bonds. The molecule has 0 radical (unpaired) electrons. The molecule has 0 aliphatic carbocycles. The van der Waals surface area contributed by atoms with Gasteiger partial charge in [-0.1, -0.05) is 0 Å². The number of methoxy groups -OCH3 is 1. The highest BCUT2D eigenvalue weighted by molar-refractivity contribution is 5.84. The van der Waals surface area contributed by atoms with Crippen molar-refractivity contribution in [1.29, 1.82) is 0 Å². The van der Waals surface area contributed by atoms with Crippen LogP contribution in [0.1, 0.15) is 49.4 Å². The van der Waals surface area contributed by atoms with Crippen LogP contribution in [0, 0.1) is 28.7 Å². The van der Waals surface area contributed by atoms with Crippen LogP contribution in [0.3, 0.4) is 0 Å². The first-order valence-corrected chi connectivity index (χ1v) is 12.5. The highest BCUT2D eigenvalue weighted by Crippen LogP contribution is 2.41. The number of fused-ring (bicyclic) bond motifs is 1. The lowest BCUT2D eigenvalue weighted by Gasteiger charge is -2.39. The molecule has 0 spiro atoms. The zero-order chi connectivity index (χ0) is 27.4. The summed E-state index contributed by atoms with van der Waals surface area (Å²) in [5, 5.41) is 10.3. The molecule has 1 fully saturated rings. The number of aromatic nitrogens is 1. The number of carboxylic acid groups (broad SMARTS) is 1. The van der Waals surface area contributed by atoms with E-state index < -0.39 is 40.8 Å². The first-order chi connectivity index (χ1) is 18.1. The Kier molecular flexibility index (Phi) is 8.50. The highest BCUT2D eigenvalue weighted by Gasteiger charge is 2.41. The SMILES string of the molecule is COc1ccc2ncc(F)c([C@H](F)CCC3(C(=O)O)CCN(CCCc4cc(F)c(F)c(F)c4)CC3)c2c1. The third kappa shape index (κ3) is 5.90. The summed E-state index contributed by atoms with van der Waals surface area (Å²) >= 11 is 0. The van der Waals surface area contributed by atoms with E-state index in [-0.39, 0.29) is 23.8 Å². The van der Waals surface area contributed by atoms with Gasteiger partial charge in [0.05, 0.1) is 24.2 Å². The minimum atomic E-state index is -1.72. The second-order valence-electron chi connectivity index (χ2n) is 9.81. The molecule has 1 aliphatic heterocycles. The third-order valence-electron chi connectivity index (χ3n) is 7.51. The summed E-state index contributed by atoms with van der Waals surface area (Å²) in [5.41, 5.74) is -0.528. The van der Waals surface area contributed by atoms with Gasteiger partial charge in [0, 0.05) is 10.9 Å². The summed E-state index contributed by atoms with van der Waals surface area (Å²) in [6, 6.07) is 6.73. The fourth-order valence-electron chi connectivity index (χ4n) is 5.20. The number of ether oxygens (including phenoxy) is 1. The highest BCUT2D eigenvalue weighted by atomic mass is 19.2. The number of hydrogen-bond donors (Lipinski definition) is 1. The van der Waals surface area contributed by atoms with Crippen molar-refractivity contribution in [3.8, 4) is 5.75 Å². The van der Waals surface area contributed by atoms with E-state index in [4.69, 9.17) is 4.74 Å². The zero-order valence-electron chi connectivity index (χ0n) is 21.0. The molecular weight excluding hydrogens is 507 g/mol. The third-order valence-corrected chi connectivity index (χ3v) is 7.51. The van der Waals surface area contributed by atoms with Gasteiger partial charge in [0.15, 0.2) is 17.5 Å². The fourth-order valence-corrected chi connectivity index (χ4v) is 5.20. The summed E-state index contributed by atoms with van der Waals surface area (Å²) in [7, 11) is 1.45. The Morgan fingerprint density at radius 3 is 2.42 bits per heavy atom. The second kappa shape index (κ2) is 11.6. The maximum atomic E-state index is 15.4. The Labute approximate surface area is 217 Å². The van der Waals surface area contributed by atoms with Crippen LogP contribution in [0.5, 0.6) is 5.75 Å². The molecule has 10 heteroatoms. The van der Waals surface area contributed by atoms with Gasteiger partial charge in [0.1, 0.15) is 17.7 Å². The van der Waals surface area contributed by atoms with Crippen molar-refractivity contribution in [2.45, 2.75) is 44.7 Å². The molecule has 0 bridgehead atoms. The number of benzene rings is 2. The van der Waals surface area contributed by atoms with Gasteiger partial charge in [0.25, 0.3) is 0 Å². The van der Waals surface area contributed by atoms with Crippen LogP contribution in [-0.4, -0.2) is 47.7 Å². The van der Waals surface area contributed by atoms with Crippen LogP contribution in [0.2, 0.25) is 0 Å². The molecule has 204 valence electrons. The van der Waals surface area contributed by atoms with E-state index in [1.807, 2.05) is 4.90 Å². The van der Waals surface area contributed by atoms with Crippen molar-refractivity contribution >= 4 is 16.9 Å². The molecule has 2 heterocycles. The smallest absolute Gasteiger partial charge is 0.309 e. The normalized spacial score (nSPS) is 16.5. The van der Waals surface area contributed by atoms with Crippen LogP contribution >= 0.6 is 0 Å². The zero-order valence-corrected chi connectivity index (χ0v) is 21.0. The van der Waals surface area contributed by atoms with Crippen molar-refractivity contribution in [3.63, 3.8) is 0 Å². The lowest BCUT2D eigenvalue weighted by molar-refractivity contribution is -0.153. The molecule has 5 nitrogen and oxygen atoms in total. The predicted molar refractivity (Wildman–Crippen MR) is 132 cm³/mol. The maximum absolute atomic E-state index is 15.4. The Morgan fingerprint density at radius 2 is 1.79 bits per heavy atom. The maximum Gasteiger partial charge on any atom is 0.309 e. The number of alkyl halides is 1. The standard InChI is InChI=1S/C28H29F5N2O3/c1-38-18-4-5-24-19(15-18)25(23(32)16-34-24)20(29)6-7-28(27(36)37)8-11-35(12-9-28)10-2-3-17-13-21(30)26(33)22(31)14-17/h4-5,13-16,20H,2-3,6-12H2,1H3,(H,36,37)/t20-/m1/s1. The van der Waals surface area contributed by atoms with Crippen LogP contribution in [0.15, 0.2) is 36.5 Å². The molecule has 4 rings (SSSR count). The average Bonchev–Trinajstić information content (AvgIpc) is 2.90. The van der Waals surface area contributed by atoms with E-state index in [9.17, 15) is 27.5 Å². The Balaban J connectivity index is 1.36. The summed E-state index contributed by atoms with van der Waals surface area (Å²) in [6.45, 7) is 1.48. The largest absolute Gasteiger partial charge is 0.497 e. The van der Waals surface area contributed by atoms with Gasteiger partial charge in [-0.05, 0) is 94.1 Å². The number of likely N-dealkylation sites (tertiary alicyclic amines) is 1. The van der Waals surface area contributed by atoms with E-state index in [0.29, 0.717) is 62.1 Å². The molecule has 3 aromatic rings. The second-order valence-corrected chi connectivity index (χ2v) is 9.81. The lowest BCUT2D eigenvalue weighted by Crippen LogP contribution is -2.44. The van der Waals surface area contributed by atoms with Crippen molar-refractivity contribution in [3.05, 3.63) is 70.9 Å². The fraction of sp³-hybridized carbons (Fsp3) is 0.429. The first kappa shape index (κ1) is 27.8. The van der Waals surface area contributed by atoms with Gasteiger partial charge in [-0.25, -0.2) is 22.0 Å². The van der Waals surface area contributed by atoms with E-state index >= 15 is 4.39 Å². The number of aryl methyl sites for hydroxylation is 1. The van der Waals surface area contributed by atoms with Crippen LogP contribution in [-0.2, 0) is 11.2 Å². The molecule has 38 heavy (non-hydrogen) atoms. The number of carbonyl (C=O) groups is 1. The van der Waals surface area contributed by atoms with Gasteiger partial charge >= 0.3 is 5.97 Å². The number of halogens is 5. The van der Waals surface area contributed by atoms with E-state index in [1.165, 1.54) is 13.2 Å². The van der Waals surface area contributed by atoms with Crippen LogP contribution in [0.4, 0.5) is 22.0 Å². The molecule has 1 aromatic heterocycles. The van der Waals surface area contributed by atoms with Gasteiger partial charge < -0.3 is 14.7 Å². The molecule has 0 saturated carbocycles. The average molecular weight is 537 g/mol. The molecule has 1 aliphatic rings. The number of hydrogen-bond acceptors (Lipinski definition) is 4. The minimum absolute atomic E-state index is 0.0404. The Hall–Kier alpha value is -3.27. The summed E-state index contributed by atoms with van der Waals surface area (Å²) in [6.07, 6.45) is 0.600. The number of rotatable bonds is 10. The summed E-state index contributed by atoms with van der Waals surface area (Å²) in [5.74, 6) is -5.32. The number of aliphatic carboxylic acids is 1. The first-order valence-electron chi connectivity index (χ1n) is 12.5. The number of nitrogens with zero attached hydrogens (tertiary/aromatic N) is 2. The molecule has 1 atom stereocenters. The molecule has 1 saturated heterocycles. The summed E-state index contributed by atoms with van der Waals surface area (Å²) in [4.78, 5) is 18.3. The monoisotopic (exact) mass is 536 g/mol. The number of piperidine rings is 1.